The van der Waals surface area contributed by atoms with Gasteiger partial charge < -0.3 is 10.6 Å². The van der Waals surface area contributed by atoms with Crippen LogP contribution in [0.3, 0.4) is 0 Å². The summed E-state index contributed by atoms with van der Waals surface area (Å²) in [6.45, 7) is 1.97. The highest BCUT2D eigenvalue weighted by Gasteiger charge is 2.38. The molecule has 0 unspecified atom stereocenters. The Labute approximate surface area is 108 Å². The highest BCUT2D eigenvalue weighted by molar-refractivity contribution is 5.85. The van der Waals surface area contributed by atoms with Crippen LogP contribution in [0.5, 0.6) is 0 Å². The van der Waals surface area contributed by atoms with E-state index in [1.807, 2.05) is 0 Å². The fourth-order valence-electron chi connectivity index (χ4n) is 2.63. The predicted octanol–water partition coefficient (Wildman–Crippen LogP) is 2.76. The minimum atomic E-state index is 0.0966. The van der Waals surface area contributed by atoms with Crippen molar-refractivity contribution in [3.8, 4) is 0 Å². The molecule has 0 aliphatic heterocycles. The fourth-order valence-corrected chi connectivity index (χ4v) is 2.63. The van der Waals surface area contributed by atoms with Crippen molar-refractivity contribution in [2.45, 2.75) is 24.9 Å². The van der Waals surface area contributed by atoms with Gasteiger partial charge in [-0.25, -0.2) is 0 Å². The van der Waals surface area contributed by atoms with Gasteiger partial charge in [-0.1, -0.05) is 42.5 Å². The first-order chi connectivity index (χ1) is 8.66. The van der Waals surface area contributed by atoms with Crippen molar-refractivity contribution in [2.75, 3.05) is 13.6 Å². The minimum absolute atomic E-state index is 0.0966. The van der Waals surface area contributed by atoms with E-state index in [1.165, 1.54) is 29.2 Å². The van der Waals surface area contributed by atoms with Crippen LogP contribution in [0.15, 0.2) is 42.5 Å². The van der Waals surface area contributed by atoms with Gasteiger partial charge in [-0.15, -0.1) is 0 Å². The number of likely N-dealkylation sites (N-methyl/N-ethyl adjacent to an activating group) is 1. The van der Waals surface area contributed by atoms with Crippen molar-refractivity contribution in [3.63, 3.8) is 0 Å². The standard InChI is InChI=1S/C16H20N2/c1-18(12-16(17)9-10-16)11-14-7-4-6-13-5-2-3-8-15(13)14/h2-8H,9-12,17H2,1H3. The summed E-state index contributed by atoms with van der Waals surface area (Å²) < 4.78 is 0. The van der Waals surface area contributed by atoms with Crippen LogP contribution in [-0.2, 0) is 6.54 Å². The number of hydrogen-bond acceptors (Lipinski definition) is 2. The normalized spacial score (nSPS) is 17.3. The molecule has 0 bridgehead atoms. The van der Waals surface area contributed by atoms with Crippen LogP contribution in [0.25, 0.3) is 10.8 Å². The van der Waals surface area contributed by atoms with Gasteiger partial charge in [0.15, 0.2) is 0 Å². The summed E-state index contributed by atoms with van der Waals surface area (Å²) in [5, 5.41) is 2.67. The molecule has 3 rings (SSSR count). The molecule has 2 heteroatoms. The van der Waals surface area contributed by atoms with Crippen LogP contribution in [0, 0.1) is 0 Å². The van der Waals surface area contributed by atoms with Crippen LogP contribution in [0.1, 0.15) is 18.4 Å². The van der Waals surface area contributed by atoms with E-state index in [0.29, 0.717) is 0 Å². The Bertz CT molecular complexity index is 553. The first-order valence-electron chi connectivity index (χ1n) is 6.60. The van der Waals surface area contributed by atoms with Gasteiger partial charge in [-0.05, 0) is 36.2 Å². The quantitative estimate of drug-likeness (QED) is 0.890. The molecule has 0 radical (unpaired) electrons. The third kappa shape index (κ3) is 2.40. The highest BCUT2D eigenvalue weighted by Crippen LogP contribution is 2.33. The highest BCUT2D eigenvalue weighted by atomic mass is 15.1. The average molecular weight is 240 g/mol. The smallest absolute Gasteiger partial charge is 0.0284 e. The maximum Gasteiger partial charge on any atom is 0.0284 e. The first-order valence-corrected chi connectivity index (χ1v) is 6.60. The number of nitrogens with two attached hydrogens (primary N) is 1. The zero-order valence-electron chi connectivity index (χ0n) is 10.9. The van der Waals surface area contributed by atoms with Crippen molar-refractivity contribution in [1.82, 2.24) is 4.90 Å². The Morgan fingerprint density at radius 1 is 1.11 bits per heavy atom. The fraction of sp³-hybridized carbons (Fsp3) is 0.375. The van der Waals surface area contributed by atoms with Gasteiger partial charge in [0.2, 0.25) is 0 Å². The van der Waals surface area contributed by atoms with Crippen molar-refractivity contribution in [2.24, 2.45) is 5.73 Å². The van der Waals surface area contributed by atoms with Crippen molar-refractivity contribution in [3.05, 3.63) is 48.0 Å². The molecule has 1 saturated carbocycles. The second-order valence-corrected chi connectivity index (χ2v) is 5.67. The van der Waals surface area contributed by atoms with Crippen LogP contribution < -0.4 is 5.73 Å². The summed E-state index contributed by atoms with van der Waals surface area (Å²) in [4.78, 5) is 2.34. The van der Waals surface area contributed by atoms with Crippen LogP contribution in [0.4, 0.5) is 0 Å². The van der Waals surface area contributed by atoms with Gasteiger partial charge in [0, 0.05) is 18.6 Å². The van der Waals surface area contributed by atoms with E-state index in [4.69, 9.17) is 5.73 Å². The molecule has 0 amide bonds. The van der Waals surface area contributed by atoms with Crippen LogP contribution >= 0.6 is 0 Å². The van der Waals surface area contributed by atoms with E-state index in [0.717, 1.165) is 13.1 Å². The van der Waals surface area contributed by atoms with Gasteiger partial charge in [-0.3, -0.25) is 0 Å². The van der Waals surface area contributed by atoms with Crippen molar-refractivity contribution >= 4 is 10.8 Å². The molecule has 0 aromatic heterocycles. The van der Waals surface area contributed by atoms with E-state index >= 15 is 0 Å². The molecule has 0 atom stereocenters. The maximum atomic E-state index is 6.17. The second-order valence-electron chi connectivity index (χ2n) is 5.67. The summed E-state index contributed by atoms with van der Waals surface area (Å²) in [5.74, 6) is 0. The predicted molar refractivity (Wildman–Crippen MR) is 76.4 cm³/mol. The van der Waals surface area contributed by atoms with Crippen molar-refractivity contribution < 1.29 is 0 Å². The molecule has 0 spiro atoms. The van der Waals surface area contributed by atoms with E-state index in [1.54, 1.807) is 0 Å². The van der Waals surface area contributed by atoms with E-state index in [2.05, 4.69) is 54.4 Å². The Morgan fingerprint density at radius 2 is 1.83 bits per heavy atom. The molecule has 1 fully saturated rings. The van der Waals surface area contributed by atoms with Gasteiger partial charge in [-0.2, -0.15) is 0 Å². The molecule has 94 valence electrons. The molecule has 1 aliphatic rings. The zero-order chi connectivity index (χ0) is 12.6. The third-order valence-electron chi connectivity index (χ3n) is 3.80. The Kier molecular flexibility index (Phi) is 2.84. The van der Waals surface area contributed by atoms with Gasteiger partial charge in [0.1, 0.15) is 0 Å². The Hall–Kier alpha value is -1.38. The van der Waals surface area contributed by atoms with E-state index in [-0.39, 0.29) is 5.54 Å². The van der Waals surface area contributed by atoms with Gasteiger partial charge in [0.25, 0.3) is 0 Å². The lowest BCUT2D eigenvalue weighted by molar-refractivity contribution is 0.297. The summed E-state index contributed by atoms with van der Waals surface area (Å²) >= 11 is 0. The topological polar surface area (TPSA) is 29.3 Å². The van der Waals surface area contributed by atoms with E-state index < -0.39 is 0 Å². The first kappa shape index (κ1) is 11.7. The summed E-state index contributed by atoms with van der Waals surface area (Å²) in [7, 11) is 2.16. The lowest BCUT2D eigenvalue weighted by Gasteiger charge is -2.21. The number of nitrogens with zero attached hydrogens (tertiary/aromatic N) is 1. The second kappa shape index (κ2) is 4.38. The van der Waals surface area contributed by atoms with Gasteiger partial charge >= 0.3 is 0 Å². The molecule has 18 heavy (non-hydrogen) atoms. The number of fused-ring (bicyclic) bond motifs is 1. The lowest BCUT2D eigenvalue weighted by Crippen LogP contribution is -2.36. The molecule has 2 N–H and O–H groups in total. The summed E-state index contributed by atoms with van der Waals surface area (Å²) in [6, 6.07) is 15.1. The molecule has 0 saturated heterocycles. The third-order valence-corrected chi connectivity index (χ3v) is 3.80. The maximum absolute atomic E-state index is 6.17. The lowest BCUT2D eigenvalue weighted by atomic mass is 10.0. The van der Waals surface area contributed by atoms with E-state index in [9.17, 15) is 0 Å². The van der Waals surface area contributed by atoms with Crippen LogP contribution in [0.2, 0.25) is 0 Å². The summed E-state index contributed by atoms with van der Waals surface area (Å²) in [5.41, 5.74) is 7.66. The van der Waals surface area contributed by atoms with Crippen molar-refractivity contribution in [1.29, 1.82) is 0 Å². The zero-order valence-corrected chi connectivity index (χ0v) is 10.9. The monoisotopic (exact) mass is 240 g/mol. The largest absolute Gasteiger partial charge is 0.324 e. The van der Waals surface area contributed by atoms with Crippen LogP contribution in [-0.4, -0.2) is 24.0 Å². The minimum Gasteiger partial charge on any atom is -0.324 e. The van der Waals surface area contributed by atoms with Gasteiger partial charge in [0.05, 0.1) is 0 Å². The summed E-state index contributed by atoms with van der Waals surface area (Å²) in [6.07, 6.45) is 2.35. The molecule has 2 nitrogen and oxygen atoms in total. The molecule has 2 aromatic rings. The number of rotatable bonds is 4. The SMILES string of the molecule is CN(Cc1cccc2ccccc12)CC1(N)CC1. The number of benzene rings is 2. The Balaban J connectivity index is 1.81. The number of hydrogen-bond donors (Lipinski definition) is 1. The molecule has 2 aromatic carbocycles. The Morgan fingerprint density at radius 3 is 2.61 bits per heavy atom. The average Bonchev–Trinajstić information content (AvgIpc) is 3.07. The molecular weight excluding hydrogens is 220 g/mol. The molecular formula is C16H20N2. The molecule has 1 aliphatic carbocycles. The molecule has 0 heterocycles.